The van der Waals surface area contributed by atoms with E-state index in [0.717, 1.165) is 0 Å². The number of nitrogens with one attached hydrogen (secondary N) is 1. The SMILES string of the molecule is N#CCCNS(=O)(=O)c1cccc(N)c1. The summed E-state index contributed by atoms with van der Waals surface area (Å²) in [6.07, 6.45) is 0.140. The average Bonchev–Trinajstić information content (AvgIpc) is 2.18. The van der Waals surface area contributed by atoms with Gasteiger partial charge in [-0.25, -0.2) is 13.1 Å². The molecule has 0 heterocycles. The lowest BCUT2D eigenvalue weighted by Gasteiger charge is -2.05. The molecule has 5 nitrogen and oxygen atoms in total. The smallest absolute Gasteiger partial charge is 0.240 e. The van der Waals surface area contributed by atoms with Crippen LogP contribution in [0.25, 0.3) is 0 Å². The summed E-state index contributed by atoms with van der Waals surface area (Å²) in [7, 11) is -3.54. The van der Waals surface area contributed by atoms with Crippen molar-refractivity contribution in [2.45, 2.75) is 11.3 Å². The van der Waals surface area contributed by atoms with Crippen LogP contribution in [-0.2, 0) is 10.0 Å². The van der Waals surface area contributed by atoms with E-state index in [2.05, 4.69) is 4.72 Å². The third kappa shape index (κ3) is 3.23. The molecule has 0 amide bonds. The predicted molar refractivity (Wildman–Crippen MR) is 56.3 cm³/mol. The highest BCUT2D eigenvalue weighted by Crippen LogP contribution is 2.12. The molecule has 0 aromatic heterocycles. The molecular formula is C9H11N3O2S. The third-order valence-corrected chi connectivity index (χ3v) is 3.16. The van der Waals surface area contributed by atoms with Crippen molar-refractivity contribution in [1.82, 2.24) is 4.72 Å². The Morgan fingerprint density at radius 2 is 2.20 bits per heavy atom. The van der Waals surface area contributed by atoms with Gasteiger partial charge in [-0.05, 0) is 18.2 Å². The minimum atomic E-state index is -3.54. The molecule has 0 aliphatic carbocycles. The van der Waals surface area contributed by atoms with Crippen LogP contribution in [0.5, 0.6) is 0 Å². The first-order chi connectivity index (χ1) is 7.06. The Bertz CT molecular complexity index is 476. The van der Waals surface area contributed by atoms with E-state index in [4.69, 9.17) is 11.0 Å². The molecule has 1 aromatic carbocycles. The lowest BCUT2D eigenvalue weighted by Crippen LogP contribution is -2.24. The van der Waals surface area contributed by atoms with E-state index >= 15 is 0 Å². The minimum Gasteiger partial charge on any atom is -0.399 e. The van der Waals surface area contributed by atoms with Gasteiger partial charge in [0.05, 0.1) is 11.0 Å². The molecule has 6 heteroatoms. The Kier molecular flexibility index (Phi) is 3.66. The molecule has 0 spiro atoms. The summed E-state index contributed by atoms with van der Waals surface area (Å²) in [5.74, 6) is 0. The van der Waals surface area contributed by atoms with Crippen molar-refractivity contribution in [3.8, 4) is 6.07 Å². The van der Waals surface area contributed by atoms with Crippen molar-refractivity contribution < 1.29 is 8.42 Å². The molecule has 15 heavy (non-hydrogen) atoms. The zero-order valence-electron chi connectivity index (χ0n) is 7.97. The highest BCUT2D eigenvalue weighted by atomic mass is 32.2. The monoisotopic (exact) mass is 225 g/mol. The highest BCUT2D eigenvalue weighted by Gasteiger charge is 2.12. The van der Waals surface area contributed by atoms with Crippen LogP contribution in [0.15, 0.2) is 29.2 Å². The molecule has 0 saturated heterocycles. The van der Waals surface area contributed by atoms with Crippen molar-refractivity contribution in [3.63, 3.8) is 0 Å². The zero-order chi connectivity index (χ0) is 11.3. The Balaban J connectivity index is 2.83. The van der Waals surface area contributed by atoms with Gasteiger partial charge in [0.2, 0.25) is 10.0 Å². The Hall–Kier alpha value is -1.58. The van der Waals surface area contributed by atoms with Crippen LogP contribution < -0.4 is 10.5 Å². The first-order valence-electron chi connectivity index (χ1n) is 4.28. The van der Waals surface area contributed by atoms with Crippen LogP contribution in [0.4, 0.5) is 5.69 Å². The summed E-state index contributed by atoms with van der Waals surface area (Å²) in [6, 6.07) is 7.84. The van der Waals surface area contributed by atoms with Crippen molar-refractivity contribution in [2.24, 2.45) is 0 Å². The van der Waals surface area contributed by atoms with Gasteiger partial charge in [0.15, 0.2) is 0 Å². The summed E-state index contributed by atoms with van der Waals surface area (Å²) in [5.41, 5.74) is 5.85. The predicted octanol–water partition coefficient (Wildman–Crippen LogP) is 0.461. The van der Waals surface area contributed by atoms with Crippen molar-refractivity contribution in [3.05, 3.63) is 24.3 Å². The van der Waals surface area contributed by atoms with Crippen LogP contribution in [0, 0.1) is 11.3 Å². The number of hydrogen-bond acceptors (Lipinski definition) is 4. The molecule has 0 aliphatic heterocycles. The summed E-state index contributed by atoms with van der Waals surface area (Å²) in [6.45, 7) is 0.105. The van der Waals surface area contributed by atoms with Crippen LogP contribution in [0.2, 0.25) is 0 Å². The van der Waals surface area contributed by atoms with Crippen LogP contribution in [-0.4, -0.2) is 15.0 Å². The molecule has 0 radical (unpaired) electrons. The molecule has 0 atom stereocenters. The normalized spacial score (nSPS) is 10.9. The fraction of sp³-hybridized carbons (Fsp3) is 0.222. The fourth-order valence-electron chi connectivity index (χ4n) is 1.01. The van der Waals surface area contributed by atoms with Crippen LogP contribution >= 0.6 is 0 Å². The molecule has 0 fully saturated rings. The lowest BCUT2D eigenvalue weighted by molar-refractivity contribution is 0.582. The average molecular weight is 225 g/mol. The molecule has 0 bridgehead atoms. The second kappa shape index (κ2) is 4.77. The number of nitrogens with two attached hydrogens (primary N) is 1. The van der Waals surface area contributed by atoms with Crippen LogP contribution in [0.1, 0.15) is 6.42 Å². The van der Waals surface area contributed by atoms with Crippen LogP contribution in [0.3, 0.4) is 0 Å². The van der Waals surface area contributed by atoms with E-state index in [9.17, 15) is 8.42 Å². The molecule has 0 saturated carbocycles. The number of benzene rings is 1. The number of sulfonamides is 1. The zero-order valence-corrected chi connectivity index (χ0v) is 8.79. The second-order valence-corrected chi connectivity index (χ2v) is 4.65. The molecule has 3 N–H and O–H groups in total. The molecule has 1 rings (SSSR count). The third-order valence-electron chi connectivity index (χ3n) is 1.70. The van der Waals surface area contributed by atoms with Gasteiger partial charge in [-0.15, -0.1) is 0 Å². The van der Waals surface area contributed by atoms with Crippen molar-refractivity contribution in [2.75, 3.05) is 12.3 Å². The van der Waals surface area contributed by atoms with Gasteiger partial charge >= 0.3 is 0 Å². The second-order valence-electron chi connectivity index (χ2n) is 2.88. The van der Waals surface area contributed by atoms with E-state index < -0.39 is 10.0 Å². The molecule has 80 valence electrons. The maximum absolute atomic E-state index is 11.6. The maximum Gasteiger partial charge on any atom is 0.240 e. The molecule has 1 aromatic rings. The highest BCUT2D eigenvalue weighted by molar-refractivity contribution is 7.89. The fourth-order valence-corrected chi connectivity index (χ4v) is 2.09. The number of nitriles is 1. The number of hydrogen-bond donors (Lipinski definition) is 2. The van der Waals surface area contributed by atoms with E-state index in [-0.39, 0.29) is 17.9 Å². The maximum atomic E-state index is 11.6. The summed E-state index contributed by atoms with van der Waals surface area (Å²) >= 11 is 0. The lowest BCUT2D eigenvalue weighted by atomic mass is 10.3. The standard InChI is InChI=1S/C9H11N3O2S/c10-5-2-6-12-15(13,14)9-4-1-3-8(11)7-9/h1,3-4,7,12H,2,6,11H2. The Morgan fingerprint density at radius 3 is 2.80 bits per heavy atom. The van der Waals surface area contributed by atoms with Gasteiger partial charge in [0.1, 0.15) is 0 Å². The van der Waals surface area contributed by atoms with Gasteiger partial charge in [0, 0.05) is 18.7 Å². The van der Waals surface area contributed by atoms with E-state index in [1.54, 1.807) is 12.1 Å². The Morgan fingerprint density at radius 1 is 1.47 bits per heavy atom. The Labute approximate surface area is 88.6 Å². The largest absolute Gasteiger partial charge is 0.399 e. The number of nitrogens with zero attached hydrogens (tertiary/aromatic N) is 1. The summed E-state index contributed by atoms with van der Waals surface area (Å²) in [5, 5.41) is 8.27. The molecule has 0 aliphatic rings. The quantitative estimate of drug-likeness (QED) is 0.574. The van der Waals surface area contributed by atoms with Gasteiger partial charge in [-0.1, -0.05) is 6.07 Å². The summed E-state index contributed by atoms with van der Waals surface area (Å²) in [4.78, 5) is 0.112. The molecular weight excluding hydrogens is 214 g/mol. The van der Waals surface area contributed by atoms with E-state index in [1.165, 1.54) is 12.1 Å². The van der Waals surface area contributed by atoms with Gasteiger partial charge in [-0.2, -0.15) is 5.26 Å². The van der Waals surface area contributed by atoms with Gasteiger partial charge < -0.3 is 5.73 Å². The first-order valence-corrected chi connectivity index (χ1v) is 5.77. The minimum absolute atomic E-state index is 0.105. The number of anilines is 1. The van der Waals surface area contributed by atoms with Gasteiger partial charge in [-0.3, -0.25) is 0 Å². The van der Waals surface area contributed by atoms with E-state index in [1.807, 2.05) is 6.07 Å². The van der Waals surface area contributed by atoms with Crippen molar-refractivity contribution >= 4 is 15.7 Å². The van der Waals surface area contributed by atoms with E-state index in [0.29, 0.717) is 5.69 Å². The van der Waals surface area contributed by atoms with Gasteiger partial charge in [0.25, 0.3) is 0 Å². The number of nitrogen functional groups attached to an aromatic ring is 1. The molecule has 0 unspecified atom stereocenters. The number of rotatable bonds is 4. The van der Waals surface area contributed by atoms with Crippen molar-refractivity contribution in [1.29, 1.82) is 5.26 Å². The topological polar surface area (TPSA) is 96.0 Å². The summed E-state index contributed by atoms with van der Waals surface area (Å²) < 4.78 is 25.5. The first kappa shape index (κ1) is 11.5.